The average Bonchev–Trinajstić information content (AvgIpc) is 2.49. The van der Waals surface area contributed by atoms with E-state index >= 15 is 0 Å². The molecule has 0 aliphatic carbocycles. The number of hydrogen-bond donors (Lipinski definition) is 1. The van der Waals surface area contributed by atoms with E-state index in [0.717, 1.165) is 0 Å². The van der Waals surface area contributed by atoms with Crippen LogP contribution < -0.4 is 10.5 Å². The first-order valence-corrected chi connectivity index (χ1v) is 4.35. The Balaban J connectivity index is 2.66. The SMILES string of the molecule is Cn1cc(OC(CCN)C(F)(F)F)cn1. The number of alkyl halides is 3. The predicted molar refractivity (Wildman–Crippen MR) is 47.4 cm³/mol. The molecule has 0 aromatic carbocycles. The summed E-state index contributed by atoms with van der Waals surface area (Å²) in [5.74, 6) is 0.0910. The fraction of sp³-hybridized carbons (Fsp3) is 0.625. The first kappa shape index (κ1) is 11.8. The topological polar surface area (TPSA) is 53.1 Å². The third-order valence-electron chi connectivity index (χ3n) is 1.75. The standard InChI is InChI=1S/C8H12F3N3O/c1-14-5-6(4-13-14)15-7(2-3-12)8(9,10)11/h4-5,7H,2-3,12H2,1H3. The molecule has 0 aliphatic rings. The fourth-order valence-corrected chi connectivity index (χ4v) is 1.06. The van der Waals surface area contributed by atoms with E-state index in [-0.39, 0.29) is 18.7 Å². The Bertz CT molecular complexity index is 310. The van der Waals surface area contributed by atoms with Crippen LogP contribution in [0.1, 0.15) is 6.42 Å². The second-order valence-electron chi connectivity index (χ2n) is 3.08. The molecular weight excluding hydrogens is 211 g/mol. The van der Waals surface area contributed by atoms with Gasteiger partial charge in [-0.25, -0.2) is 0 Å². The number of hydrogen-bond acceptors (Lipinski definition) is 3. The maximum absolute atomic E-state index is 12.4. The zero-order valence-corrected chi connectivity index (χ0v) is 8.16. The van der Waals surface area contributed by atoms with Gasteiger partial charge in [-0.05, 0) is 6.54 Å². The van der Waals surface area contributed by atoms with Crippen LogP contribution in [0.15, 0.2) is 12.4 Å². The molecule has 15 heavy (non-hydrogen) atoms. The molecule has 0 saturated carbocycles. The molecule has 1 atom stereocenters. The molecule has 0 radical (unpaired) electrons. The number of aromatic nitrogens is 2. The van der Waals surface area contributed by atoms with Crippen molar-refractivity contribution in [1.29, 1.82) is 0 Å². The van der Waals surface area contributed by atoms with E-state index in [4.69, 9.17) is 10.5 Å². The summed E-state index contributed by atoms with van der Waals surface area (Å²) in [6.45, 7) is -0.0789. The zero-order valence-electron chi connectivity index (χ0n) is 8.16. The minimum absolute atomic E-state index is 0.0789. The van der Waals surface area contributed by atoms with E-state index in [1.807, 2.05) is 0 Å². The van der Waals surface area contributed by atoms with Crippen LogP contribution >= 0.6 is 0 Å². The van der Waals surface area contributed by atoms with Crippen molar-refractivity contribution in [3.05, 3.63) is 12.4 Å². The summed E-state index contributed by atoms with van der Waals surface area (Å²) in [7, 11) is 1.60. The highest BCUT2D eigenvalue weighted by atomic mass is 19.4. The van der Waals surface area contributed by atoms with Gasteiger partial charge in [0.25, 0.3) is 0 Å². The van der Waals surface area contributed by atoms with E-state index in [2.05, 4.69) is 5.10 Å². The number of rotatable bonds is 4. The molecule has 0 saturated heterocycles. The van der Waals surface area contributed by atoms with Crippen molar-refractivity contribution >= 4 is 0 Å². The minimum Gasteiger partial charge on any atom is -0.478 e. The van der Waals surface area contributed by atoms with Crippen LogP contribution in [0.2, 0.25) is 0 Å². The lowest BCUT2D eigenvalue weighted by Gasteiger charge is -2.19. The lowest BCUT2D eigenvalue weighted by Crippen LogP contribution is -2.36. The first-order chi connectivity index (χ1) is 6.93. The molecule has 0 spiro atoms. The molecule has 0 bridgehead atoms. The molecule has 1 rings (SSSR count). The van der Waals surface area contributed by atoms with Gasteiger partial charge in [-0.15, -0.1) is 0 Å². The Morgan fingerprint density at radius 3 is 2.67 bits per heavy atom. The smallest absolute Gasteiger partial charge is 0.425 e. The van der Waals surface area contributed by atoms with Gasteiger partial charge >= 0.3 is 6.18 Å². The van der Waals surface area contributed by atoms with E-state index < -0.39 is 12.3 Å². The summed E-state index contributed by atoms with van der Waals surface area (Å²) in [5, 5.41) is 3.70. The van der Waals surface area contributed by atoms with Gasteiger partial charge in [0.15, 0.2) is 11.9 Å². The Morgan fingerprint density at radius 2 is 2.27 bits per heavy atom. The number of ether oxygens (including phenoxy) is 1. The number of nitrogens with zero attached hydrogens (tertiary/aromatic N) is 2. The van der Waals surface area contributed by atoms with Crippen LogP contribution in [-0.4, -0.2) is 28.6 Å². The van der Waals surface area contributed by atoms with Crippen LogP contribution in [0.25, 0.3) is 0 Å². The highest BCUT2D eigenvalue weighted by Crippen LogP contribution is 2.26. The molecule has 1 unspecified atom stereocenters. The largest absolute Gasteiger partial charge is 0.478 e. The molecule has 1 aromatic rings. The van der Waals surface area contributed by atoms with Crippen molar-refractivity contribution in [1.82, 2.24) is 9.78 Å². The molecule has 86 valence electrons. The quantitative estimate of drug-likeness (QED) is 0.830. The summed E-state index contributed by atoms with van der Waals surface area (Å²) in [4.78, 5) is 0. The highest BCUT2D eigenvalue weighted by Gasteiger charge is 2.41. The van der Waals surface area contributed by atoms with Crippen molar-refractivity contribution in [2.45, 2.75) is 18.7 Å². The van der Waals surface area contributed by atoms with Crippen LogP contribution in [0.3, 0.4) is 0 Å². The van der Waals surface area contributed by atoms with Gasteiger partial charge in [0.2, 0.25) is 0 Å². The van der Waals surface area contributed by atoms with E-state index in [1.54, 1.807) is 7.05 Å². The van der Waals surface area contributed by atoms with E-state index in [9.17, 15) is 13.2 Å². The summed E-state index contributed by atoms with van der Waals surface area (Å²) >= 11 is 0. The molecule has 0 amide bonds. The van der Waals surface area contributed by atoms with Gasteiger partial charge in [-0.2, -0.15) is 18.3 Å². The molecular formula is C8H12F3N3O. The normalized spacial score (nSPS) is 13.9. The van der Waals surface area contributed by atoms with Crippen LogP contribution in [0, 0.1) is 0 Å². The Hall–Kier alpha value is -1.24. The first-order valence-electron chi connectivity index (χ1n) is 4.35. The second kappa shape index (κ2) is 4.52. The Morgan fingerprint density at radius 1 is 1.60 bits per heavy atom. The number of nitrogens with two attached hydrogens (primary N) is 1. The Kier molecular flexibility index (Phi) is 3.57. The van der Waals surface area contributed by atoms with Crippen LogP contribution in [-0.2, 0) is 7.05 Å². The zero-order chi connectivity index (χ0) is 11.5. The van der Waals surface area contributed by atoms with Gasteiger partial charge in [0.05, 0.1) is 12.4 Å². The maximum atomic E-state index is 12.4. The molecule has 2 N–H and O–H groups in total. The molecule has 0 fully saturated rings. The monoisotopic (exact) mass is 223 g/mol. The number of aryl methyl sites for hydroxylation is 1. The summed E-state index contributed by atoms with van der Waals surface area (Å²) in [5.41, 5.74) is 5.08. The van der Waals surface area contributed by atoms with Gasteiger partial charge in [0, 0.05) is 13.5 Å². The molecule has 0 aliphatic heterocycles. The maximum Gasteiger partial charge on any atom is 0.425 e. The van der Waals surface area contributed by atoms with E-state index in [1.165, 1.54) is 17.1 Å². The average molecular weight is 223 g/mol. The van der Waals surface area contributed by atoms with Crippen molar-refractivity contribution in [3.63, 3.8) is 0 Å². The molecule has 7 heteroatoms. The van der Waals surface area contributed by atoms with Gasteiger partial charge in [-0.1, -0.05) is 0 Å². The minimum atomic E-state index is -4.41. The van der Waals surface area contributed by atoms with Crippen molar-refractivity contribution in [2.75, 3.05) is 6.54 Å². The van der Waals surface area contributed by atoms with Gasteiger partial charge in [0.1, 0.15) is 0 Å². The molecule has 1 heterocycles. The molecule has 1 aromatic heterocycles. The fourth-order valence-electron chi connectivity index (χ4n) is 1.06. The van der Waals surface area contributed by atoms with Crippen LogP contribution in [0.4, 0.5) is 13.2 Å². The van der Waals surface area contributed by atoms with Gasteiger partial charge in [-0.3, -0.25) is 4.68 Å². The summed E-state index contributed by atoms with van der Waals surface area (Å²) < 4.78 is 43.3. The highest BCUT2D eigenvalue weighted by molar-refractivity contribution is 5.12. The van der Waals surface area contributed by atoms with E-state index in [0.29, 0.717) is 0 Å². The van der Waals surface area contributed by atoms with Crippen molar-refractivity contribution in [3.8, 4) is 5.75 Å². The third kappa shape index (κ3) is 3.43. The van der Waals surface area contributed by atoms with Crippen LogP contribution in [0.5, 0.6) is 5.75 Å². The van der Waals surface area contributed by atoms with Gasteiger partial charge < -0.3 is 10.5 Å². The molecule has 4 nitrogen and oxygen atoms in total. The van der Waals surface area contributed by atoms with Crippen molar-refractivity contribution < 1.29 is 17.9 Å². The van der Waals surface area contributed by atoms with Crippen molar-refractivity contribution in [2.24, 2.45) is 12.8 Å². The predicted octanol–water partition coefficient (Wildman–Crippen LogP) is 1.08. The lowest BCUT2D eigenvalue weighted by molar-refractivity contribution is -0.196. The lowest BCUT2D eigenvalue weighted by atomic mass is 10.2. The summed E-state index contributed by atoms with van der Waals surface area (Å²) in [6.07, 6.45) is -3.94. The second-order valence-corrected chi connectivity index (χ2v) is 3.08. The number of halogens is 3. The summed E-state index contributed by atoms with van der Waals surface area (Å²) in [6, 6.07) is 0. The Labute approximate surface area is 84.8 Å². The third-order valence-corrected chi connectivity index (χ3v) is 1.75.